The number of aryl methyl sites for hydroxylation is 1. The van der Waals surface area contributed by atoms with Crippen molar-refractivity contribution in [2.75, 3.05) is 0 Å². The average molecular weight is 155 g/mol. The van der Waals surface area contributed by atoms with E-state index in [0.29, 0.717) is 0 Å². The largest absolute Gasteiger partial charge is 0.178 e. The van der Waals surface area contributed by atoms with Crippen LogP contribution in [0.15, 0.2) is 0 Å². The van der Waals surface area contributed by atoms with Gasteiger partial charge in [0.25, 0.3) is 0 Å². The van der Waals surface area contributed by atoms with Crippen LogP contribution in [0.3, 0.4) is 0 Å². The first-order valence-corrected chi connectivity index (χ1v) is 4.43. The van der Waals surface area contributed by atoms with E-state index >= 15 is 0 Å². The molecule has 0 bridgehead atoms. The summed E-state index contributed by atoms with van der Waals surface area (Å²) in [5, 5.41) is 8.66. The molecule has 3 heteroatoms. The highest BCUT2D eigenvalue weighted by atomic mass is 32.1. The van der Waals surface area contributed by atoms with E-state index in [9.17, 15) is 0 Å². The molecule has 0 atom stereocenters. The summed E-state index contributed by atoms with van der Waals surface area (Å²) in [6.07, 6.45) is 4.87. The first kappa shape index (κ1) is 7.66. The van der Waals surface area contributed by atoms with E-state index in [1.165, 1.54) is 30.6 Å². The molecule has 0 amide bonds. The van der Waals surface area contributed by atoms with E-state index < -0.39 is 0 Å². The second-order valence-electron chi connectivity index (χ2n) is 2.24. The number of hydrogen-bond acceptors (Lipinski definition) is 3. The molecule has 0 aliphatic heterocycles. The fourth-order valence-corrected chi connectivity index (χ4v) is 1.31. The smallest absolute Gasteiger partial charge is 0.143 e. The summed E-state index contributed by atoms with van der Waals surface area (Å²) >= 11 is 1.53. The maximum atomic E-state index is 3.90. The Balaban J connectivity index is 2.15. The van der Waals surface area contributed by atoms with Gasteiger partial charge in [0.2, 0.25) is 0 Å². The van der Waals surface area contributed by atoms with Crippen LogP contribution < -0.4 is 0 Å². The third-order valence-electron chi connectivity index (χ3n) is 1.36. The molecule has 0 saturated heterocycles. The van der Waals surface area contributed by atoms with Gasteiger partial charge < -0.3 is 0 Å². The minimum absolute atomic E-state index is 1.08. The van der Waals surface area contributed by atoms with Crippen molar-refractivity contribution in [2.45, 2.75) is 32.6 Å². The van der Waals surface area contributed by atoms with Gasteiger partial charge in [-0.3, -0.25) is 0 Å². The Hall–Kier alpha value is -0.440. The van der Waals surface area contributed by atoms with Crippen LogP contribution in [0.5, 0.6) is 0 Å². The highest BCUT2D eigenvalue weighted by Gasteiger charge is 1.94. The maximum Gasteiger partial charge on any atom is 0.178 e. The molecule has 55 valence electrons. The molecule has 0 aliphatic rings. The summed E-state index contributed by atoms with van der Waals surface area (Å²) in [4.78, 5) is 0. The van der Waals surface area contributed by atoms with Gasteiger partial charge in [0.05, 0.1) is 0 Å². The monoisotopic (exact) mass is 155 g/mol. The van der Waals surface area contributed by atoms with Crippen LogP contribution in [0.2, 0.25) is 0 Å². The minimum Gasteiger partial charge on any atom is -0.143 e. The quantitative estimate of drug-likeness (QED) is 0.622. The first-order chi connectivity index (χ1) is 4.93. The van der Waals surface area contributed by atoms with Crippen LogP contribution in [0.25, 0.3) is 0 Å². The maximum absolute atomic E-state index is 3.90. The predicted octanol–water partition coefficient (Wildman–Crippen LogP) is 2.07. The molecule has 2 nitrogen and oxygen atoms in total. The standard InChI is InChI=1S/C7H11N2S/c1-2-3-4-5-7-9-8-6-10-7/h2-5H2,1H3. The summed E-state index contributed by atoms with van der Waals surface area (Å²) in [7, 11) is 0. The highest BCUT2D eigenvalue weighted by molar-refractivity contribution is 7.08. The zero-order chi connectivity index (χ0) is 7.23. The van der Waals surface area contributed by atoms with Crippen LogP contribution in [0, 0.1) is 5.51 Å². The summed E-state index contributed by atoms with van der Waals surface area (Å²) in [6, 6.07) is 0. The van der Waals surface area contributed by atoms with E-state index in [0.717, 1.165) is 11.4 Å². The lowest BCUT2D eigenvalue weighted by Gasteiger charge is -1.91. The second kappa shape index (κ2) is 4.39. The molecule has 1 aromatic heterocycles. The molecule has 0 aromatic carbocycles. The van der Waals surface area contributed by atoms with Gasteiger partial charge in [0.1, 0.15) is 5.01 Å². The third kappa shape index (κ3) is 2.43. The van der Waals surface area contributed by atoms with Crippen molar-refractivity contribution in [3.8, 4) is 0 Å². The van der Waals surface area contributed by atoms with Crippen LogP contribution in [-0.4, -0.2) is 10.2 Å². The van der Waals surface area contributed by atoms with Crippen molar-refractivity contribution < 1.29 is 0 Å². The Morgan fingerprint density at radius 2 is 2.40 bits per heavy atom. The SMILES string of the molecule is CCCCCc1nn[c]s1. The zero-order valence-corrected chi connectivity index (χ0v) is 6.95. The lowest BCUT2D eigenvalue weighted by atomic mass is 10.2. The number of rotatable bonds is 4. The van der Waals surface area contributed by atoms with E-state index in [2.05, 4.69) is 22.6 Å². The van der Waals surface area contributed by atoms with Gasteiger partial charge in [-0.25, -0.2) is 0 Å². The fourth-order valence-electron chi connectivity index (χ4n) is 0.797. The molecule has 10 heavy (non-hydrogen) atoms. The van der Waals surface area contributed by atoms with Gasteiger partial charge in [-0.2, -0.15) is 0 Å². The van der Waals surface area contributed by atoms with Crippen LogP contribution in [0.1, 0.15) is 31.2 Å². The van der Waals surface area contributed by atoms with Crippen molar-refractivity contribution in [1.82, 2.24) is 10.2 Å². The van der Waals surface area contributed by atoms with Gasteiger partial charge in [-0.05, 0) is 6.42 Å². The Morgan fingerprint density at radius 1 is 1.50 bits per heavy atom. The predicted molar refractivity (Wildman–Crippen MR) is 42.0 cm³/mol. The molecule has 0 N–H and O–H groups in total. The van der Waals surface area contributed by atoms with Crippen molar-refractivity contribution in [3.05, 3.63) is 10.5 Å². The van der Waals surface area contributed by atoms with E-state index in [1.807, 2.05) is 0 Å². The summed E-state index contributed by atoms with van der Waals surface area (Å²) in [5.74, 6) is 0. The van der Waals surface area contributed by atoms with Gasteiger partial charge in [-0.1, -0.05) is 31.1 Å². The summed E-state index contributed by atoms with van der Waals surface area (Å²) in [6.45, 7) is 2.20. The molecule has 0 aliphatic carbocycles. The Morgan fingerprint density at radius 3 is 3.00 bits per heavy atom. The Kier molecular flexibility index (Phi) is 3.36. The molecule has 0 saturated carbocycles. The number of aromatic nitrogens is 2. The third-order valence-corrected chi connectivity index (χ3v) is 2.05. The number of hydrogen-bond donors (Lipinski definition) is 0. The summed E-state index contributed by atoms with van der Waals surface area (Å²) in [5.41, 5.74) is 2.74. The Labute approximate surface area is 65.3 Å². The summed E-state index contributed by atoms with van der Waals surface area (Å²) < 4.78 is 0. The molecule has 0 unspecified atom stereocenters. The number of unbranched alkanes of at least 4 members (excludes halogenated alkanes) is 2. The van der Waals surface area contributed by atoms with Crippen molar-refractivity contribution in [1.29, 1.82) is 0 Å². The van der Waals surface area contributed by atoms with Crippen molar-refractivity contribution in [3.63, 3.8) is 0 Å². The van der Waals surface area contributed by atoms with Crippen molar-refractivity contribution >= 4 is 11.3 Å². The van der Waals surface area contributed by atoms with Gasteiger partial charge in [0, 0.05) is 6.42 Å². The lowest BCUT2D eigenvalue weighted by molar-refractivity contribution is 0.710. The zero-order valence-electron chi connectivity index (χ0n) is 6.13. The molecule has 1 heterocycles. The first-order valence-electron chi connectivity index (χ1n) is 3.62. The average Bonchev–Trinajstić information content (AvgIpc) is 2.41. The van der Waals surface area contributed by atoms with E-state index in [-0.39, 0.29) is 0 Å². The van der Waals surface area contributed by atoms with E-state index in [4.69, 9.17) is 0 Å². The topological polar surface area (TPSA) is 25.8 Å². The van der Waals surface area contributed by atoms with Crippen LogP contribution in [0.4, 0.5) is 0 Å². The fraction of sp³-hybridized carbons (Fsp3) is 0.714. The normalized spacial score (nSPS) is 10.1. The number of nitrogens with zero attached hydrogens (tertiary/aromatic N) is 2. The second-order valence-corrected chi connectivity index (χ2v) is 3.10. The molecule has 1 aromatic rings. The Bertz CT molecular complexity index is 160. The van der Waals surface area contributed by atoms with Gasteiger partial charge >= 0.3 is 0 Å². The van der Waals surface area contributed by atoms with Crippen molar-refractivity contribution in [2.24, 2.45) is 0 Å². The lowest BCUT2D eigenvalue weighted by Crippen LogP contribution is -1.83. The molecule has 1 radical (unpaired) electrons. The van der Waals surface area contributed by atoms with E-state index in [1.54, 1.807) is 0 Å². The molecule has 1 rings (SSSR count). The van der Waals surface area contributed by atoms with Crippen LogP contribution >= 0.6 is 11.3 Å². The molecule has 0 fully saturated rings. The van der Waals surface area contributed by atoms with Gasteiger partial charge in [-0.15, -0.1) is 10.2 Å². The molecular formula is C7H11N2S. The minimum atomic E-state index is 1.08. The van der Waals surface area contributed by atoms with Gasteiger partial charge in [0.15, 0.2) is 5.51 Å². The molecular weight excluding hydrogens is 144 g/mol. The van der Waals surface area contributed by atoms with Crippen LogP contribution in [-0.2, 0) is 6.42 Å². The highest BCUT2D eigenvalue weighted by Crippen LogP contribution is 2.06. The molecule has 0 spiro atoms.